The minimum absolute atomic E-state index is 0.0196. The van der Waals surface area contributed by atoms with Gasteiger partial charge < -0.3 is 19.4 Å². The highest BCUT2D eigenvalue weighted by Gasteiger charge is 2.22. The van der Waals surface area contributed by atoms with E-state index in [0.29, 0.717) is 25.0 Å². The molecule has 1 atom stereocenters. The van der Waals surface area contributed by atoms with Gasteiger partial charge in [0.05, 0.1) is 36.3 Å². The van der Waals surface area contributed by atoms with Crippen LogP contribution in [0.2, 0.25) is 0 Å². The number of nitrogens with one attached hydrogen (secondary N) is 1. The molecular formula is C18H19N7O2S. The zero-order valence-corrected chi connectivity index (χ0v) is 16.3. The molecule has 1 N–H and O–H groups in total. The van der Waals surface area contributed by atoms with Crippen LogP contribution >= 0.6 is 11.5 Å². The quantitative estimate of drug-likeness (QED) is 0.554. The Balaban J connectivity index is 1.59. The van der Waals surface area contributed by atoms with Crippen molar-refractivity contribution in [3.8, 4) is 11.6 Å². The van der Waals surface area contributed by atoms with E-state index in [1.165, 1.54) is 11.5 Å². The third-order valence-corrected chi connectivity index (χ3v) is 5.30. The normalized spacial score (nSPS) is 16.7. The molecule has 0 saturated carbocycles. The van der Waals surface area contributed by atoms with Crippen molar-refractivity contribution in [3.05, 3.63) is 36.4 Å². The van der Waals surface area contributed by atoms with Crippen molar-refractivity contribution >= 4 is 33.5 Å². The average molecular weight is 397 g/mol. The van der Waals surface area contributed by atoms with Crippen molar-refractivity contribution in [2.75, 3.05) is 18.5 Å². The van der Waals surface area contributed by atoms with Crippen LogP contribution in [0.4, 0.5) is 10.9 Å². The van der Waals surface area contributed by atoms with E-state index in [1.54, 1.807) is 10.9 Å². The Morgan fingerprint density at radius 3 is 3.00 bits per heavy atom. The number of hydrogen-bond donors (Lipinski definition) is 1. The summed E-state index contributed by atoms with van der Waals surface area (Å²) in [6, 6.07) is 3.91. The van der Waals surface area contributed by atoms with Crippen LogP contribution in [0.15, 0.2) is 30.7 Å². The van der Waals surface area contributed by atoms with E-state index in [0.717, 1.165) is 33.8 Å². The van der Waals surface area contributed by atoms with E-state index < -0.39 is 0 Å². The molecule has 9 nitrogen and oxygen atoms in total. The summed E-state index contributed by atoms with van der Waals surface area (Å²) in [5, 5.41) is 8.38. The lowest BCUT2D eigenvalue weighted by Gasteiger charge is -2.14. The lowest BCUT2D eigenvalue weighted by atomic mass is 10.3. The molecule has 0 aromatic carbocycles. The van der Waals surface area contributed by atoms with Gasteiger partial charge in [0.25, 0.3) is 0 Å². The summed E-state index contributed by atoms with van der Waals surface area (Å²) in [6.07, 6.45) is 6.52. The van der Waals surface area contributed by atoms with Crippen molar-refractivity contribution in [1.29, 1.82) is 0 Å². The van der Waals surface area contributed by atoms with Gasteiger partial charge in [0.15, 0.2) is 0 Å². The average Bonchev–Trinajstić information content (AvgIpc) is 3.43. The van der Waals surface area contributed by atoms with Gasteiger partial charge in [-0.05, 0) is 30.6 Å². The second kappa shape index (κ2) is 6.88. The first-order valence-corrected chi connectivity index (χ1v) is 9.76. The van der Waals surface area contributed by atoms with Gasteiger partial charge in [-0.3, -0.25) is 4.68 Å². The number of rotatable bonds is 5. The Labute approximate surface area is 165 Å². The summed E-state index contributed by atoms with van der Waals surface area (Å²) in [5.41, 5.74) is 3.48. The van der Waals surface area contributed by atoms with Gasteiger partial charge in [0.1, 0.15) is 16.6 Å². The first-order chi connectivity index (χ1) is 13.7. The molecule has 1 aliphatic heterocycles. The number of hydrogen-bond acceptors (Lipinski definition) is 8. The summed E-state index contributed by atoms with van der Waals surface area (Å²) in [6.45, 7) is 3.22. The van der Waals surface area contributed by atoms with Crippen molar-refractivity contribution in [2.45, 2.75) is 19.4 Å². The van der Waals surface area contributed by atoms with Gasteiger partial charge in [-0.2, -0.15) is 14.5 Å². The molecule has 28 heavy (non-hydrogen) atoms. The maximum atomic E-state index is 6.22. The first kappa shape index (κ1) is 17.1. The van der Waals surface area contributed by atoms with E-state index in [9.17, 15) is 0 Å². The molecule has 1 aliphatic rings. The molecule has 1 unspecified atom stereocenters. The standard InChI is InChI=1S/C18H19N7O2S/c1-11-7-15(28-23-11)21-18-20-14-3-5-25(12-8-19-24(2)9-12)16(14)17(22-18)27-13-4-6-26-10-13/h3,5,7-9,13H,4,6,10H2,1-2H3,(H,20,21,22). The molecule has 10 heteroatoms. The van der Waals surface area contributed by atoms with Crippen LogP contribution in [-0.2, 0) is 11.8 Å². The third kappa shape index (κ3) is 3.20. The fraction of sp³-hybridized carbons (Fsp3) is 0.333. The minimum Gasteiger partial charge on any atom is -0.470 e. The SMILES string of the molecule is Cc1cc(Nc2nc(OC3CCOC3)c3c(ccn3-c3cnn(C)c3)n2)sn1. The van der Waals surface area contributed by atoms with Gasteiger partial charge in [-0.25, -0.2) is 4.98 Å². The number of fused-ring (bicyclic) bond motifs is 1. The predicted molar refractivity (Wildman–Crippen MR) is 106 cm³/mol. The number of aromatic nitrogens is 6. The molecule has 0 aliphatic carbocycles. The molecule has 0 spiro atoms. The molecule has 0 bridgehead atoms. The topological polar surface area (TPSA) is 91.9 Å². The van der Waals surface area contributed by atoms with Crippen molar-refractivity contribution < 1.29 is 9.47 Å². The molecule has 1 fully saturated rings. The summed E-state index contributed by atoms with van der Waals surface area (Å²) < 4.78 is 19.7. The smallest absolute Gasteiger partial charge is 0.244 e. The van der Waals surface area contributed by atoms with Crippen LogP contribution < -0.4 is 10.1 Å². The van der Waals surface area contributed by atoms with Crippen molar-refractivity contribution in [3.63, 3.8) is 0 Å². The second-order valence-electron chi connectivity index (χ2n) is 6.71. The van der Waals surface area contributed by atoms with Gasteiger partial charge in [0.2, 0.25) is 11.8 Å². The summed E-state index contributed by atoms with van der Waals surface area (Å²) >= 11 is 1.38. The summed E-state index contributed by atoms with van der Waals surface area (Å²) in [5.74, 6) is 1.01. The molecule has 4 aromatic rings. The number of anilines is 2. The molecule has 0 amide bonds. The molecule has 4 aromatic heterocycles. The zero-order chi connectivity index (χ0) is 19.1. The first-order valence-electron chi connectivity index (χ1n) is 8.98. The van der Waals surface area contributed by atoms with E-state index in [-0.39, 0.29) is 6.10 Å². The molecular weight excluding hydrogens is 378 g/mol. The lowest BCUT2D eigenvalue weighted by Crippen LogP contribution is -2.17. The fourth-order valence-corrected chi connectivity index (χ4v) is 3.85. The van der Waals surface area contributed by atoms with Crippen LogP contribution in [0.5, 0.6) is 5.88 Å². The Morgan fingerprint density at radius 2 is 2.29 bits per heavy atom. The largest absolute Gasteiger partial charge is 0.470 e. The van der Waals surface area contributed by atoms with Crippen molar-refractivity contribution in [1.82, 2.24) is 28.7 Å². The Hall–Kier alpha value is -2.98. The Morgan fingerprint density at radius 1 is 1.36 bits per heavy atom. The van der Waals surface area contributed by atoms with Gasteiger partial charge >= 0.3 is 0 Å². The molecule has 5 heterocycles. The fourth-order valence-electron chi connectivity index (χ4n) is 3.20. The van der Waals surface area contributed by atoms with Gasteiger partial charge in [-0.1, -0.05) is 0 Å². The second-order valence-corrected chi connectivity index (χ2v) is 7.51. The highest BCUT2D eigenvalue weighted by atomic mass is 32.1. The van der Waals surface area contributed by atoms with E-state index >= 15 is 0 Å². The van der Waals surface area contributed by atoms with Crippen LogP contribution in [-0.4, -0.2) is 48.0 Å². The molecule has 144 valence electrons. The zero-order valence-electron chi connectivity index (χ0n) is 15.5. The molecule has 5 rings (SSSR count). The van der Waals surface area contributed by atoms with Gasteiger partial charge in [-0.15, -0.1) is 0 Å². The molecule has 1 saturated heterocycles. The van der Waals surface area contributed by atoms with Crippen LogP contribution in [0.1, 0.15) is 12.1 Å². The lowest BCUT2D eigenvalue weighted by molar-refractivity contribution is 0.139. The monoisotopic (exact) mass is 397 g/mol. The van der Waals surface area contributed by atoms with Crippen LogP contribution in [0.25, 0.3) is 16.7 Å². The van der Waals surface area contributed by atoms with Crippen LogP contribution in [0, 0.1) is 6.92 Å². The summed E-state index contributed by atoms with van der Waals surface area (Å²) in [7, 11) is 1.89. The predicted octanol–water partition coefficient (Wildman–Crippen LogP) is 2.83. The Kier molecular flexibility index (Phi) is 4.21. The van der Waals surface area contributed by atoms with E-state index in [1.807, 2.05) is 43.1 Å². The minimum atomic E-state index is -0.0196. The van der Waals surface area contributed by atoms with Crippen LogP contribution in [0.3, 0.4) is 0 Å². The highest BCUT2D eigenvalue weighted by Crippen LogP contribution is 2.31. The number of aryl methyl sites for hydroxylation is 2. The Bertz CT molecular complexity index is 1130. The van der Waals surface area contributed by atoms with Crippen molar-refractivity contribution in [2.24, 2.45) is 7.05 Å². The number of ether oxygens (including phenoxy) is 2. The van der Waals surface area contributed by atoms with Gasteiger partial charge in [0, 0.05) is 25.9 Å². The summed E-state index contributed by atoms with van der Waals surface area (Å²) in [4.78, 5) is 9.33. The molecule has 0 radical (unpaired) electrons. The number of nitrogens with zero attached hydrogens (tertiary/aromatic N) is 6. The van der Waals surface area contributed by atoms with E-state index in [4.69, 9.17) is 9.47 Å². The third-order valence-electron chi connectivity index (χ3n) is 4.50. The van der Waals surface area contributed by atoms with E-state index in [2.05, 4.69) is 24.8 Å². The maximum Gasteiger partial charge on any atom is 0.244 e. The maximum absolute atomic E-state index is 6.22. The highest BCUT2D eigenvalue weighted by molar-refractivity contribution is 7.10.